The van der Waals surface area contributed by atoms with E-state index >= 15 is 0 Å². The SMILES string of the molecule is Cc1cc(C)cc(-c2nn3c(-c4c(C)nc5ccccn45)nnc3s2)c1. The third-order valence-corrected chi connectivity index (χ3v) is 5.32. The minimum Gasteiger partial charge on any atom is -0.297 e. The first-order valence-electron chi connectivity index (χ1n) is 8.35. The van der Waals surface area contributed by atoms with Crippen LogP contribution >= 0.6 is 11.3 Å². The van der Waals surface area contributed by atoms with Crippen molar-refractivity contribution < 1.29 is 0 Å². The number of hydrogen-bond donors (Lipinski definition) is 0. The Morgan fingerprint density at radius 3 is 2.58 bits per heavy atom. The number of aromatic nitrogens is 6. The van der Waals surface area contributed by atoms with E-state index in [9.17, 15) is 0 Å². The van der Waals surface area contributed by atoms with Crippen LogP contribution in [-0.2, 0) is 0 Å². The Hall–Kier alpha value is -3.06. The molecule has 0 spiro atoms. The summed E-state index contributed by atoms with van der Waals surface area (Å²) in [4.78, 5) is 5.40. The van der Waals surface area contributed by atoms with Crippen LogP contribution in [0.4, 0.5) is 0 Å². The Kier molecular flexibility index (Phi) is 3.20. The van der Waals surface area contributed by atoms with E-state index < -0.39 is 0 Å². The highest BCUT2D eigenvalue weighted by Gasteiger charge is 2.20. The molecule has 0 saturated heterocycles. The number of fused-ring (bicyclic) bond motifs is 2. The second kappa shape index (κ2) is 5.47. The largest absolute Gasteiger partial charge is 0.297 e. The van der Waals surface area contributed by atoms with Gasteiger partial charge in [-0.25, -0.2) is 4.98 Å². The first-order chi connectivity index (χ1) is 12.6. The molecule has 128 valence electrons. The number of aryl methyl sites for hydroxylation is 3. The van der Waals surface area contributed by atoms with E-state index in [0.717, 1.165) is 32.6 Å². The summed E-state index contributed by atoms with van der Waals surface area (Å²) in [6.07, 6.45) is 1.99. The van der Waals surface area contributed by atoms with Crippen molar-refractivity contribution in [3.05, 3.63) is 59.4 Å². The molecule has 1 aromatic carbocycles. The van der Waals surface area contributed by atoms with E-state index in [2.05, 4.69) is 47.2 Å². The molecular weight excluding hydrogens is 344 g/mol. The Labute approximate surface area is 153 Å². The predicted molar refractivity (Wildman–Crippen MR) is 102 cm³/mol. The van der Waals surface area contributed by atoms with Gasteiger partial charge < -0.3 is 0 Å². The first-order valence-corrected chi connectivity index (χ1v) is 9.17. The second-order valence-electron chi connectivity index (χ2n) is 6.48. The van der Waals surface area contributed by atoms with Gasteiger partial charge in [0.15, 0.2) is 0 Å². The minimum absolute atomic E-state index is 0.711. The van der Waals surface area contributed by atoms with Gasteiger partial charge in [0.1, 0.15) is 16.3 Å². The molecule has 5 aromatic rings. The van der Waals surface area contributed by atoms with Crippen molar-refractivity contribution in [2.45, 2.75) is 20.8 Å². The zero-order valence-corrected chi connectivity index (χ0v) is 15.4. The molecule has 6 nitrogen and oxygen atoms in total. The highest BCUT2D eigenvalue weighted by atomic mass is 32.1. The van der Waals surface area contributed by atoms with Crippen LogP contribution in [-0.4, -0.2) is 29.2 Å². The Bertz CT molecular complexity index is 1260. The normalized spacial score (nSPS) is 11.7. The van der Waals surface area contributed by atoms with Gasteiger partial charge in [0.05, 0.1) is 5.69 Å². The quantitative estimate of drug-likeness (QED) is 0.476. The predicted octanol–water partition coefficient (Wildman–Crippen LogP) is 4.09. The Morgan fingerprint density at radius 1 is 0.962 bits per heavy atom. The summed E-state index contributed by atoms with van der Waals surface area (Å²) in [5, 5.41) is 14.5. The fraction of sp³-hybridized carbons (Fsp3) is 0.158. The molecule has 0 unspecified atom stereocenters. The highest BCUT2D eigenvalue weighted by molar-refractivity contribution is 7.19. The molecule has 4 aromatic heterocycles. The zero-order chi connectivity index (χ0) is 17.8. The standard InChI is InChI=1S/C19H16N6S/c1-11-8-12(2)10-14(9-11)18-23-25-17(21-22-19(25)26-18)16-13(3)20-15-6-4-5-7-24(15)16/h4-10H,1-3H3. The molecule has 0 radical (unpaired) electrons. The first kappa shape index (κ1) is 15.2. The van der Waals surface area contributed by atoms with Gasteiger partial charge in [0.25, 0.3) is 0 Å². The maximum atomic E-state index is 4.80. The van der Waals surface area contributed by atoms with Gasteiger partial charge in [-0.1, -0.05) is 34.6 Å². The monoisotopic (exact) mass is 360 g/mol. The van der Waals surface area contributed by atoms with Crippen LogP contribution in [0.1, 0.15) is 16.8 Å². The maximum Gasteiger partial charge on any atom is 0.235 e. The number of hydrogen-bond acceptors (Lipinski definition) is 5. The van der Waals surface area contributed by atoms with Gasteiger partial charge in [-0.2, -0.15) is 9.61 Å². The van der Waals surface area contributed by atoms with Crippen LogP contribution in [0.5, 0.6) is 0 Å². The van der Waals surface area contributed by atoms with E-state index in [1.165, 1.54) is 11.1 Å². The van der Waals surface area contributed by atoms with Gasteiger partial charge in [0, 0.05) is 11.8 Å². The van der Waals surface area contributed by atoms with Crippen LogP contribution in [0.25, 0.3) is 32.7 Å². The molecule has 0 aliphatic carbocycles. The average molecular weight is 360 g/mol. The number of pyridine rings is 1. The van der Waals surface area contributed by atoms with Gasteiger partial charge >= 0.3 is 0 Å². The van der Waals surface area contributed by atoms with E-state index in [1.807, 2.05) is 40.2 Å². The molecule has 0 bridgehead atoms. The summed E-state index contributed by atoms with van der Waals surface area (Å²) in [6, 6.07) is 12.4. The molecule has 4 heterocycles. The summed E-state index contributed by atoms with van der Waals surface area (Å²) in [7, 11) is 0. The third-order valence-electron chi connectivity index (χ3n) is 4.38. The molecule has 0 atom stereocenters. The fourth-order valence-electron chi connectivity index (χ4n) is 3.36. The van der Waals surface area contributed by atoms with Gasteiger partial charge in [-0.05, 0) is 45.0 Å². The lowest BCUT2D eigenvalue weighted by Gasteiger charge is -2.01. The summed E-state index contributed by atoms with van der Waals surface area (Å²) in [5.74, 6) is 0.711. The third kappa shape index (κ3) is 2.24. The topological polar surface area (TPSA) is 60.4 Å². The zero-order valence-electron chi connectivity index (χ0n) is 14.6. The van der Waals surface area contributed by atoms with Gasteiger partial charge in [-0.3, -0.25) is 4.40 Å². The van der Waals surface area contributed by atoms with E-state index in [4.69, 9.17) is 5.10 Å². The second-order valence-corrected chi connectivity index (χ2v) is 7.43. The summed E-state index contributed by atoms with van der Waals surface area (Å²) >= 11 is 1.55. The fourth-order valence-corrected chi connectivity index (χ4v) is 4.19. The molecule has 0 fully saturated rings. The molecule has 0 amide bonds. The van der Waals surface area contributed by atoms with Crippen LogP contribution in [0.2, 0.25) is 0 Å². The van der Waals surface area contributed by atoms with Crippen molar-refractivity contribution in [3.8, 4) is 22.1 Å². The minimum atomic E-state index is 0.711. The highest BCUT2D eigenvalue weighted by Crippen LogP contribution is 2.30. The van der Waals surface area contributed by atoms with Crippen molar-refractivity contribution >= 4 is 21.9 Å². The van der Waals surface area contributed by atoms with Crippen LogP contribution in [0.15, 0.2) is 42.6 Å². The molecule has 7 heteroatoms. The lowest BCUT2D eigenvalue weighted by atomic mass is 10.1. The Morgan fingerprint density at radius 2 is 1.77 bits per heavy atom. The maximum absolute atomic E-state index is 4.80. The number of benzene rings is 1. The lowest BCUT2D eigenvalue weighted by molar-refractivity contribution is 0.954. The van der Waals surface area contributed by atoms with Crippen molar-refractivity contribution in [1.29, 1.82) is 0 Å². The molecule has 5 rings (SSSR count). The van der Waals surface area contributed by atoms with E-state index in [-0.39, 0.29) is 0 Å². The molecule has 0 aliphatic rings. The smallest absolute Gasteiger partial charge is 0.235 e. The molecule has 0 aliphatic heterocycles. The number of rotatable bonds is 2. The Balaban J connectivity index is 1.73. The average Bonchev–Trinajstić information content (AvgIpc) is 3.25. The van der Waals surface area contributed by atoms with Gasteiger partial charge in [-0.15, -0.1) is 10.2 Å². The van der Waals surface area contributed by atoms with Crippen LogP contribution in [0, 0.1) is 20.8 Å². The molecule has 0 saturated carbocycles. The van der Waals surface area contributed by atoms with Crippen LogP contribution in [0.3, 0.4) is 0 Å². The van der Waals surface area contributed by atoms with E-state index in [1.54, 1.807) is 11.3 Å². The summed E-state index contributed by atoms with van der Waals surface area (Å²) in [6.45, 7) is 6.19. The summed E-state index contributed by atoms with van der Waals surface area (Å²) in [5.41, 5.74) is 6.28. The van der Waals surface area contributed by atoms with Crippen molar-refractivity contribution in [2.75, 3.05) is 0 Å². The van der Waals surface area contributed by atoms with Crippen molar-refractivity contribution in [2.24, 2.45) is 0 Å². The van der Waals surface area contributed by atoms with Gasteiger partial charge in [0.2, 0.25) is 10.8 Å². The summed E-state index contributed by atoms with van der Waals surface area (Å²) < 4.78 is 3.85. The number of imidazole rings is 1. The molecular formula is C19H16N6S. The molecule has 0 N–H and O–H groups in total. The van der Waals surface area contributed by atoms with E-state index in [0.29, 0.717) is 5.82 Å². The molecule has 26 heavy (non-hydrogen) atoms. The lowest BCUT2D eigenvalue weighted by Crippen LogP contribution is -1.96. The van der Waals surface area contributed by atoms with Crippen LogP contribution < -0.4 is 0 Å². The number of nitrogens with zero attached hydrogens (tertiary/aromatic N) is 6. The van der Waals surface area contributed by atoms with Crippen molar-refractivity contribution in [1.82, 2.24) is 29.2 Å². The van der Waals surface area contributed by atoms with Crippen molar-refractivity contribution in [3.63, 3.8) is 0 Å².